The van der Waals surface area contributed by atoms with Crippen LogP contribution in [0.5, 0.6) is 5.75 Å². The Labute approximate surface area is 169 Å². The number of aromatic hydroxyl groups is 1. The Morgan fingerprint density at radius 1 is 1.00 bits per heavy atom. The maximum absolute atomic E-state index is 12.8. The van der Waals surface area contributed by atoms with Crippen molar-refractivity contribution in [3.8, 4) is 5.75 Å². The van der Waals surface area contributed by atoms with E-state index in [1.54, 1.807) is 6.07 Å². The van der Waals surface area contributed by atoms with Gasteiger partial charge in [0, 0.05) is 31.7 Å². The van der Waals surface area contributed by atoms with Gasteiger partial charge in [-0.05, 0) is 63.4 Å². The quantitative estimate of drug-likeness (QED) is 0.737. The van der Waals surface area contributed by atoms with Gasteiger partial charge < -0.3 is 14.9 Å². The number of carbonyl (C=O) groups excluding carboxylic acids is 1. The largest absolute Gasteiger partial charge is 0.506 e. The van der Waals surface area contributed by atoms with Crippen molar-refractivity contribution in [2.75, 3.05) is 19.0 Å². The van der Waals surface area contributed by atoms with Crippen LogP contribution in [-0.2, 0) is 6.42 Å². The monoisotopic (exact) mass is 380 g/mol. The Bertz CT molecular complexity index is 813. The summed E-state index contributed by atoms with van der Waals surface area (Å²) in [6, 6.07) is 13.6. The van der Waals surface area contributed by atoms with Gasteiger partial charge in [-0.15, -0.1) is 0 Å². The van der Waals surface area contributed by atoms with E-state index in [1.807, 2.05) is 94.1 Å². The summed E-state index contributed by atoms with van der Waals surface area (Å²) in [5.74, 6) is 0.356. The van der Waals surface area contributed by atoms with Crippen LogP contribution in [-0.4, -0.2) is 42.1 Å². The number of phenols is 1. The van der Waals surface area contributed by atoms with Gasteiger partial charge in [-0.25, -0.2) is 0 Å². The van der Waals surface area contributed by atoms with Crippen molar-refractivity contribution in [1.29, 1.82) is 0 Å². The number of anilines is 1. The minimum atomic E-state index is 0.0657. The highest BCUT2D eigenvalue weighted by atomic mass is 16.3. The predicted octanol–water partition coefficient (Wildman–Crippen LogP) is 4.97. The van der Waals surface area contributed by atoms with Crippen LogP contribution in [0.25, 0.3) is 6.08 Å². The summed E-state index contributed by atoms with van der Waals surface area (Å²) in [6.07, 6.45) is 4.84. The summed E-state index contributed by atoms with van der Waals surface area (Å²) in [7, 11) is 3.85. The molecule has 0 saturated carbocycles. The van der Waals surface area contributed by atoms with Crippen LogP contribution < -0.4 is 4.90 Å². The van der Waals surface area contributed by atoms with Crippen LogP contribution in [0.15, 0.2) is 48.5 Å². The molecule has 4 heteroatoms. The Morgan fingerprint density at radius 3 is 2.14 bits per heavy atom. The van der Waals surface area contributed by atoms with Crippen LogP contribution in [0.1, 0.15) is 49.2 Å². The zero-order valence-corrected chi connectivity index (χ0v) is 17.8. The molecule has 0 spiro atoms. The van der Waals surface area contributed by atoms with Crippen molar-refractivity contribution in [2.45, 2.75) is 46.2 Å². The first-order chi connectivity index (χ1) is 13.2. The van der Waals surface area contributed by atoms with E-state index in [-0.39, 0.29) is 18.0 Å². The molecule has 2 aromatic rings. The molecule has 2 rings (SSSR count). The molecule has 0 atom stereocenters. The van der Waals surface area contributed by atoms with E-state index in [0.29, 0.717) is 11.3 Å². The van der Waals surface area contributed by atoms with Gasteiger partial charge in [0.25, 0.3) is 5.91 Å². The Hall–Kier alpha value is -2.75. The van der Waals surface area contributed by atoms with Crippen LogP contribution in [0, 0.1) is 0 Å². The average Bonchev–Trinajstić information content (AvgIpc) is 2.61. The van der Waals surface area contributed by atoms with Gasteiger partial charge >= 0.3 is 0 Å². The first-order valence-corrected chi connectivity index (χ1v) is 9.79. The molecule has 0 unspecified atom stereocenters. The molecule has 0 bridgehead atoms. The maximum atomic E-state index is 12.8. The molecule has 0 aliphatic rings. The van der Waals surface area contributed by atoms with Crippen LogP contribution in [0.2, 0.25) is 0 Å². The third-order valence-corrected chi connectivity index (χ3v) is 4.70. The van der Waals surface area contributed by atoms with Crippen molar-refractivity contribution in [2.24, 2.45) is 0 Å². The van der Waals surface area contributed by atoms with Crippen molar-refractivity contribution in [3.05, 3.63) is 65.2 Å². The van der Waals surface area contributed by atoms with Crippen molar-refractivity contribution in [3.63, 3.8) is 0 Å². The number of amides is 1. The fourth-order valence-electron chi connectivity index (χ4n) is 3.53. The fraction of sp³-hybridized carbons (Fsp3) is 0.375. The first-order valence-electron chi connectivity index (χ1n) is 9.79. The first kappa shape index (κ1) is 21.5. The summed E-state index contributed by atoms with van der Waals surface area (Å²) in [5, 5.41) is 10.1. The number of benzene rings is 2. The minimum Gasteiger partial charge on any atom is -0.506 e. The molecule has 0 aliphatic heterocycles. The summed E-state index contributed by atoms with van der Waals surface area (Å²) in [4.78, 5) is 16.6. The van der Waals surface area contributed by atoms with E-state index in [4.69, 9.17) is 0 Å². The molecule has 0 aromatic heterocycles. The SMILES string of the molecule is CC(C)N(C(=O)c1ccc(/C=C\Cc2cccc(O)c2N(C)C)cc1)C(C)C. The molecular formula is C24H32N2O2. The smallest absolute Gasteiger partial charge is 0.254 e. The molecule has 1 N–H and O–H groups in total. The Balaban J connectivity index is 2.11. The van der Waals surface area contributed by atoms with Crippen molar-refractivity contribution >= 4 is 17.7 Å². The lowest BCUT2D eigenvalue weighted by Gasteiger charge is -2.30. The molecule has 0 saturated heterocycles. The second kappa shape index (κ2) is 9.45. The molecule has 4 nitrogen and oxygen atoms in total. The van der Waals surface area contributed by atoms with E-state index < -0.39 is 0 Å². The topological polar surface area (TPSA) is 43.8 Å². The highest BCUT2D eigenvalue weighted by Gasteiger charge is 2.21. The predicted molar refractivity (Wildman–Crippen MR) is 118 cm³/mol. The van der Waals surface area contributed by atoms with E-state index in [9.17, 15) is 9.90 Å². The molecule has 0 aliphatic carbocycles. The molecule has 28 heavy (non-hydrogen) atoms. The van der Waals surface area contributed by atoms with Gasteiger partial charge in [0.15, 0.2) is 0 Å². The molecule has 150 valence electrons. The molecule has 0 radical (unpaired) electrons. The van der Waals surface area contributed by atoms with Gasteiger partial charge in [-0.1, -0.05) is 36.4 Å². The lowest BCUT2D eigenvalue weighted by Crippen LogP contribution is -2.42. The van der Waals surface area contributed by atoms with Gasteiger partial charge in [-0.2, -0.15) is 0 Å². The summed E-state index contributed by atoms with van der Waals surface area (Å²) in [5.41, 5.74) is 3.67. The average molecular weight is 381 g/mol. The minimum absolute atomic E-state index is 0.0657. The van der Waals surface area contributed by atoms with Crippen molar-refractivity contribution < 1.29 is 9.90 Å². The number of hydrogen-bond donors (Lipinski definition) is 1. The molecule has 1 amide bonds. The summed E-state index contributed by atoms with van der Waals surface area (Å²) in [6.45, 7) is 8.16. The van der Waals surface area contributed by atoms with Gasteiger partial charge in [0.2, 0.25) is 0 Å². The summed E-state index contributed by atoms with van der Waals surface area (Å²) < 4.78 is 0. The Morgan fingerprint density at radius 2 is 1.61 bits per heavy atom. The Kier molecular flexibility index (Phi) is 7.27. The zero-order chi connectivity index (χ0) is 20.8. The van der Waals surface area contributed by atoms with Crippen LogP contribution >= 0.6 is 0 Å². The highest BCUT2D eigenvalue weighted by Crippen LogP contribution is 2.30. The zero-order valence-electron chi connectivity index (χ0n) is 17.8. The van der Waals surface area contributed by atoms with Gasteiger partial charge in [-0.3, -0.25) is 4.79 Å². The van der Waals surface area contributed by atoms with Gasteiger partial charge in [0.05, 0.1) is 5.69 Å². The summed E-state index contributed by atoms with van der Waals surface area (Å²) >= 11 is 0. The number of carbonyl (C=O) groups is 1. The fourth-order valence-corrected chi connectivity index (χ4v) is 3.53. The van der Waals surface area contributed by atoms with Crippen LogP contribution in [0.3, 0.4) is 0 Å². The third kappa shape index (κ3) is 5.16. The van der Waals surface area contributed by atoms with E-state index in [2.05, 4.69) is 6.08 Å². The van der Waals surface area contributed by atoms with Crippen molar-refractivity contribution in [1.82, 2.24) is 4.90 Å². The molecule has 0 fully saturated rings. The molecular weight excluding hydrogens is 348 g/mol. The van der Waals surface area contributed by atoms with Gasteiger partial charge in [0.1, 0.15) is 5.75 Å². The van der Waals surface area contributed by atoms with Crippen LogP contribution in [0.4, 0.5) is 5.69 Å². The highest BCUT2D eigenvalue weighted by molar-refractivity contribution is 5.94. The lowest BCUT2D eigenvalue weighted by molar-refractivity contribution is 0.0643. The van der Waals surface area contributed by atoms with E-state index in [1.165, 1.54) is 0 Å². The number of phenolic OH excluding ortho intramolecular Hbond substituents is 1. The molecule has 2 aromatic carbocycles. The number of hydrogen-bond acceptors (Lipinski definition) is 3. The molecule has 0 heterocycles. The van der Waals surface area contributed by atoms with E-state index >= 15 is 0 Å². The lowest BCUT2D eigenvalue weighted by atomic mass is 10.1. The maximum Gasteiger partial charge on any atom is 0.254 e. The second-order valence-electron chi connectivity index (χ2n) is 7.81. The normalized spacial score (nSPS) is 11.4. The second-order valence-corrected chi connectivity index (χ2v) is 7.81. The standard InChI is InChI=1S/C24H32N2O2/c1-17(2)26(18(3)4)24(28)21-15-13-19(14-16-21)9-7-10-20-11-8-12-22(27)23(20)25(5)6/h7-9,11-18,27H,10H2,1-6H3/b9-7-. The number of nitrogens with zero attached hydrogens (tertiary/aromatic N) is 2. The number of para-hydroxylation sites is 1. The number of allylic oxidation sites excluding steroid dienone is 1. The number of rotatable bonds is 7. The van der Waals surface area contributed by atoms with E-state index in [0.717, 1.165) is 23.2 Å². The third-order valence-electron chi connectivity index (χ3n) is 4.70.